The average Bonchev–Trinajstić information content (AvgIpc) is 2.58. The first kappa shape index (κ1) is 20.5. The summed E-state index contributed by atoms with van der Waals surface area (Å²) in [5.74, 6) is 0. The molecule has 1 atom stereocenters. The van der Waals surface area contributed by atoms with Crippen LogP contribution >= 0.6 is 0 Å². The van der Waals surface area contributed by atoms with Gasteiger partial charge in [0.25, 0.3) is 0 Å². The lowest BCUT2D eigenvalue weighted by Crippen LogP contribution is -2.52. The third kappa shape index (κ3) is 5.21. The Morgan fingerprint density at radius 1 is 1.17 bits per heavy atom. The maximum absolute atomic E-state index is 12.7. The number of carbonyl (C=O) groups is 1. The Labute approximate surface area is 144 Å². The molecule has 136 valence electrons. The molecule has 5 heteroatoms. The minimum Gasteiger partial charge on any atom is -0.444 e. The molecule has 0 aromatic heterocycles. The van der Waals surface area contributed by atoms with Crippen molar-refractivity contribution in [2.24, 2.45) is 0 Å². The van der Waals surface area contributed by atoms with E-state index in [1.54, 1.807) is 0 Å². The minimum atomic E-state index is -1.81. The quantitative estimate of drug-likeness (QED) is 0.662. The molecule has 23 heavy (non-hydrogen) atoms. The standard InChI is InChI=1S/C18H37NO3Si/c1-16(2,3)22-15(20)19-14(11-12-18(19,7)8)13-21-23(9,10)17(4,5)6/h14H,11-13H2,1-10H3. The molecule has 0 aliphatic carbocycles. The first-order valence-electron chi connectivity index (χ1n) is 8.73. The second-order valence-corrected chi connectivity index (χ2v) is 14.7. The van der Waals surface area contributed by atoms with Crippen LogP contribution in [0, 0.1) is 0 Å². The molecule has 4 nitrogen and oxygen atoms in total. The normalized spacial score (nSPS) is 22.3. The van der Waals surface area contributed by atoms with Gasteiger partial charge in [-0.15, -0.1) is 0 Å². The highest BCUT2D eigenvalue weighted by molar-refractivity contribution is 6.74. The molecule has 1 heterocycles. The Morgan fingerprint density at radius 3 is 2.13 bits per heavy atom. The molecule has 1 fully saturated rings. The van der Waals surface area contributed by atoms with Gasteiger partial charge in [0, 0.05) is 5.54 Å². The highest BCUT2D eigenvalue weighted by Gasteiger charge is 2.46. The van der Waals surface area contributed by atoms with Crippen LogP contribution in [0.15, 0.2) is 0 Å². The number of likely N-dealkylation sites (tertiary alicyclic amines) is 1. The largest absolute Gasteiger partial charge is 0.444 e. The number of nitrogens with zero attached hydrogens (tertiary/aromatic N) is 1. The second-order valence-electron chi connectivity index (χ2n) is 9.93. The Morgan fingerprint density at radius 2 is 1.70 bits per heavy atom. The second kappa shape index (κ2) is 6.39. The molecule has 1 aliphatic rings. The van der Waals surface area contributed by atoms with Gasteiger partial charge in [-0.2, -0.15) is 0 Å². The first-order valence-corrected chi connectivity index (χ1v) is 11.6. The van der Waals surface area contributed by atoms with E-state index >= 15 is 0 Å². The molecule has 1 aliphatic heterocycles. The zero-order valence-corrected chi connectivity index (χ0v) is 17.9. The van der Waals surface area contributed by atoms with Gasteiger partial charge in [0.1, 0.15) is 5.60 Å². The fourth-order valence-corrected chi connectivity index (χ4v) is 3.69. The van der Waals surface area contributed by atoms with Gasteiger partial charge in [0.2, 0.25) is 0 Å². The van der Waals surface area contributed by atoms with Crippen LogP contribution < -0.4 is 0 Å². The van der Waals surface area contributed by atoms with E-state index in [-0.39, 0.29) is 22.7 Å². The van der Waals surface area contributed by atoms with Gasteiger partial charge in [-0.05, 0) is 65.6 Å². The molecule has 1 saturated heterocycles. The SMILES string of the molecule is CC(C)(C)OC(=O)N1C(CO[Si](C)(C)C(C)(C)C)CCC1(C)C. The first-order chi connectivity index (χ1) is 10.1. The van der Waals surface area contributed by atoms with Crippen molar-refractivity contribution in [2.75, 3.05) is 6.61 Å². The summed E-state index contributed by atoms with van der Waals surface area (Å²) in [4.78, 5) is 14.6. The number of carbonyl (C=O) groups excluding carboxylic acids is 1. The van der Waals surface area contributed by atoms with Crippen molar-refractivity contribution in [3.05, 3.63) is 0 Å². The van der Waals surface area contributed by atoms with Crippen molar-refractivity contribution < 1.29 is 14.0 Å². The van der Waals surface area contributed by atoms with E-state index in [4.69, 9.17) is 9.16 Å². The fourth-order valence-electron chi connectivity index (χ4n) is 2.65. The topological polar surface area (TPSA) is 38.8 Å². The predicted molar refractivity (Wildman–Crippen MR) is 98.3 cm³/mol. The molecule has 0 aromatic rings. The van der Waals surface area contributed by atoms with Crippen molar-refractivity contribution in [3.8, 4) is 0 Å². The van der Waals surface area contributed by atoms with Crippen LogP contribution in [0.1, 0.15) is 68.2 Å². The van der Waals surface area contributed by atoms with E-state index in [1.165, 1.54) is 0 Å². The molecular weight excluding hydrogens is 306 g/mol. The van der Waals surface area contributed by atoms with Crippen LogP contribution in [-0.2, 0) is 9.16 Å². The van der Waals surface area contributed by atoms with Crippen molar-refractivity contribution in [3.63, 3.8) is 0 Å². The Kier molecular flexibility index (Phi) is 5.70. The van der Waals surface area contributed by atoms with Gasteiger partial charge in [-0.3, -0.25) is 4.90 Å². The summed E-state index contributed by atoms with van der Waals surface area (Å²) in [5, 5.41) is 0.178. The van der Waals surface area contributed by atoms with E-state index < -0.39 is 13.9 Å². The third-order valence-corrected chi connectivity index (χ3v) is 9.64. The van der Waals surface area contributed by atoms with E-state index in [9.17, 15) is 4.79 Å². The van der Waals surface area contributed by atoms with Crippen LogP contribution in [0.5, 0.6) is 0 Å². The van der Waals surface area contributed by atoms with E-state index in [0.717, 1.165) is 12.8 Å². The summed E-state index contributed by atoms with van der Waals surface area (Å²) in [6, 6.07) is 0.106. The fraction of sp³-hybridized carbons (Fsp3) is 0.944. The number of hydrogen-bond donors (Lipinski definition) is 0. The average molecular weight is 344 g/mol. The Balaban J connectivity index is 2.84. The lowest BCUT2D eigenvalue weighted by Gasteiger charge is -2.40. The maximum Gasteiger partial charge on any atom is 0.411 e. The molecule has 0 bridgehead atoms. The van der Waals surface area contributed by atoms with Gasteiger partial charge >= 0.3 is 6.09 Å². The summed E-state index contributed by atoms with van der Waals surface area (Å²) in [6.45, 7) is 21.8. The van der Waals surface area contributed by atoms with E-state index in [2.05, 4.69) is 47.7 Å². The summed E-state index contributed by atoms with van der Waals surface area (Å²) in [7, 11) is -1.81. The number of rotatable bonds is 3. The zero-order valence-electron chi connectivity index (χ0n) is 16.9. The van der Waals surface area contributed by atoms with Crippen LogP contribution in [0.25, 0.3) is 0 Å². The van der Waals surface area contributed by atoms with Crippen LogP contribution in [0.2, 0.25) is 18.1 Å². The molecular formula is C18H37NO3Si. The summed E-state index contributed by atoms with van der Waals surface area (Å²) in [6.07, 6.45) is 1.74. The van der Waals surface area contributed by atoms with Crippen molar-refractivity contribution >= 4 is 14.4 Å². The summed E-state index contributed by atoms with van der Waals surface area (Å²) in [5.41, 5.74) is -0.648. The smallest absolute Gasteiger partial charge is 0.411 e. The highest BCUT2D eigenvalue weighted by atomic mass is 28.4. The Hall–Kier alpha value is -0.553. The van der Waals surface area contributed by atoms with Crippen LogP contribution in [0.3, 0.4) is 0 Å². The third-order valence-electron chi connectivity index (χ3n) is 5.14. The minimum absolute atomic E-state index is 0.106. The van der Waals surface area contributed by atoms with Crippen molar-refractivity contribution in [2.45, 2.75) is 104 Å². The van der Waals surface area contributed by atoms with E-state index in [1.807, 2.05) is 25.7 Å². The maximum atomic E-state index is 12.7. The van der Waals surface area contributed by atoms with Gasteiger partial charge in [-0.25, -0.2) is 4.79 Å². The molecule has 1 amide bonds. The highest BCUT2D eigenvalue weighted by Crippen LogP contribution is 2.39. The molecule has 0 spiro atoms. The summed E-state index contributed by atoms with van der Waals surface area (Å²) < 4.78 is 12.0. The number of amides is 1. The predicted octanol–water partition coefficient (Wildman–Crippen LogP) is 5.19. The Bertz CT molecular complexity index is 433. The molecule has 1 rings (SSSR count). The molecule has 0 radical (unpaired) electrons. The van der Waals surface area contributed by atoms with Gasteiger partial charge < -0.3 is 9.16 Å². The van der Waals surface area contributed by atoms with Crippen LogP contribution in [-0.4, -0.2) is 43.1 Å². The molecule has 0 aromatic carbocycles. The van der Waals surface area contributed by atoms with Gasteiger partial charge in [0.15, 0.2) is 8.32 Å². The lowest BCUT2D eigenvalue weighted by molar-refractivity contribution is -0.00167. The molecule has 0 N–H and O–H groups in total. The number of ether oxygens (including phenoxy) is 1. The lowest BCUT2D eigenvalue weighted by atomic mass is 10.0. The molecule has 1 unspecified atom stereocenters. The van der Waals surface area contributed by atoms with Crippen molar-refractivity contribution in [1.82, 2.24) is 4.90 Å². The summed E-state index contributed by atoms with van der Waals surface area (Å²) >= 11 is 0. The monoisotopic (exact) mass is 343 g/mol. The van der Waals surface area contributed by atoms with E-state index in [0.29, 0.717) is 6.61 Å². The molecule has 0 saturated carbocycles. The zero-order chi connectivity index (χ0) is 18.3. The van der Waals surface area contributed by atoms with Gasteiger partial charge in [0.05, 0.1) is 12.6 Å². The number of hydrogen-bond acceptors (Lipinski definition) is 3. The van der Waals surface area contributed by atoms with Crippen LogP contribution in [0.4, 0.5) is 4.79 Å². The van der Waals surface area contributed by atoms with Gasteiger partial charge in [-0.1, -0.05) is 20.8 Å². The van der Waals surface area contributed by atoms with Crippen molar-refractivity contribution in [1.29, 1.82) is 0 Å².